The largest absolute Gasteiger partial charge is 0.467 e. The highest BCUT2D eigenvalue weighted by Gasteiger charge is 2.27. The van der Waals surface area contributed by atoms with Crippen LogP contribution in [0.4, 0.5) is 0 Å². The molecule has 1 amide bonds. The summed E-state index contributed by atoms with van der Waals surface area (Å²) in [5, 5.41) is 2.23. The van der Waals surface area contributed by atoms with Gasteiger partial charge in [-0.25, -0.2) is 4.79 Å². The molecule has 0 aromatic heterocycles. The van der Waals surface area contributed by atoms with Crippen LogP contribution in [0.2, 0.25) is 0 Å². The van der Waals surface area contributed by atoms with E-state index in [1.807, 2.05) is 19.1 Å². The third-order valence-corrected chi connectivity index (χ3v) is 6.07. The zero-order valence-electron chi connectivity index (χ0n) is 19.8. The van der Waals surface area contributed by atoms with Crippen molar-refractivity contribution in [2.75, 3.05) is 12.9 Å². The molecule has 0 radical (unpaired) electrons. The first-order valence-electron chi connectivity index (χ1n) is 10.5. The fraction of sp³-hybridized carbons (Fsp3) is 0.500. The molecular weight excluding hydrogens is 430 g/mol. The van der Waals surface area contributed by atoms with Gasteiger partial charge in [0.05, 0.1) is 7.11 Å². The van der Waals surface area contributed by atoms with E-state index < -0.39 is 33.8 Å². The molecule has 1 rings (SSSR count). The average Bonchev–Trinajstić information content (AvgIpc) is 2.64. The van der Waals surface area contributed by atoms with E-state index in [0.29, 0.717) is 5.57 Å². The summed E-state index contributed by atoms with van der Waals surface area (Å²) in [4.78, 5) is 23.7. The topological polar surface area (TPSA) is 110 Å². The number of methoxy groups -OCH3 is 1. The van der Waals surface area contributed by atoms with E-state index in [1.165, 1.54) is 30.1 Å². The van der Waals surface area contributed by atoms with E-state index in [9.17, 15) is 18.0 Å². The number of esters is 1. The van der Waals surface area contributed by atoms with Crippen LogP contribution in [0.1, 0.15) is 53.9 Å². The molecule has 0 aromatic rings. The Bertz CT molecular complexity index is 964. The summed E-state index contributed by atoms with van der Waals surface area (Å²) >= 11 is 0. The monoisotopic (exact) mass is 465 g/mol. The molecule has 1 aliphatic rings. The number of allylic oxidation sites excluding steroid dienone is 9. The van der Waals surface area contributed by atoms with E-state index in [1.54, 1.807) is 13.0 Å². The molecule has 1 aliphatic carbocycles. The molecule has 32 heavy (non-hydrogen) atoms. The quantitative estimate of drug-likeness (QED) is 0.230. The number of carbonyl (C=O) groups excluding carboxylic acids is 2. The maximum absolute atomic E-state index is 12.1. The minimum atomic E-state index is -4.47. The van der Waals surface area contributed by atoms with Crippen molar-refractivity contribution in [1.82, 2.24) is 5.32 Å². The van der Waals surface area contributed by atoms with Crippen LogP contribution >= 0.6 is 0 Å². The van der Waals surface area contributed by atoms with Gasteiger partial charge in [0.15, 0.2) is 0 Å². The summed E-state index contributed by atoms with van der Waals surface area (Å²) in [5.41, 5.74) is 4.65. The van der Waals surface area contributed by atoms with Crippen molar-refractivity contribution in [3.05, 3.63) is 58.7 Å². The van der Waals surface area contributed by atoms with Gasteiger partial charge in [-0.3, -0.25) is 9.35 Å². The van der Waals surface area contributed by atoms with Gasteiger partial charge in [-0.2, -0.15) is 8.42 Å². The Labute approximate surface area is 191 Å². The van der Waals surface area contributed by atoms with Crippen molar-refractivity contribution in [1.29, 1.82) is 0 Å². The van der Waals surface area contributed by atoms with Crippen LogP contribution < -0.4 is 5.32 Å². The van der Waals surface area contributed by atoms with E-state index in [-0.39, 0.29) is 5.41 Å². The van der Waals surface area contributed by atoms with Crippen LogP contribution in [0.15, 0.2) is 58.7 Å². The molecule has 7 nitrogen and oxygen atoms in total. The van der Waals surface area contributed by atoms with Crippen molar-refractivity contribution in [3.8, 4) is 0 Å². The molecule has 1 atom stereocenters. The molecule has 8 heteroatoms. The SMILES string of the molecule is COC(=O)[C@H](CS(=O)(=O)O)NC(=O)/C=C(C)/C=C/C=C(C)/C=C/C1=C(C)CCCC1(C)C. The summed E-state index contributed by atoms with van der Waals surface area (Å²) < 4.78 is 35.5. The predicted molar refractivity (Wildman–Crippen MR) is 126 cm³/mol. The third-order valence-electron chi connectivity index (χ3n) is 5.31. The lowest BCUT2D eigenvalue weighted by Crippen LogP contribution is -2.45. The van der Waals surface area contributed by atoms with Gasteiger partial charge in [-0.1, -0.05) is 55.4 Å². The molecule has 0 unspecified atom stereocenters. The second kappa shape index (κ2) is 12.0. The molecule has 0 aliphatic heterocycles. The van der Waals surface area contributed by atoms with Crippen molar-refractivity contribution in [2.45, 2.75) is 59.9 Å². The highest BCUT2D eigenvalue weighted by Crippen LogP contribution is 2.40. The number of hydrogen-bond donors (Lipinski definition) is 2. The molecule has 0 aromatic carbocycles. The molecule has 0 saturated heterocycles. The Hall–Kier alpha value is -2.45. The fourth-order valence-corrected chi connectivity index (χ4v) is 4.26. The maximum Gasteiger partial charge on any atom is 0.329 e. The van der Waals surface area contributed by atoms with Gasteiger partial charge >= 0.3 is 5.97 Å². The molecule has 178 valence electrons. The van der Waals surface area contributed by atoms with Gasteiger partial charge in [-0.05, 0) is 56.6 Å². The number of rotatable bonds is 9. The maximum atomic E-state index is 12.1. The third kappa shape index (κ3) is 9.78. The molecular formula is C24H35NO6S. The zero-order valence-corrected chi connectivity index (χ0v) is 20.6. The smallest absolute Gasteiger partial charge is 0.329 e. The highest BCUT2D eigenvalue weighted by atomic mass is 32.2. The second-order valence-corrected chi connectivity index (χ2v) is 10.3. The van der Waals surface area contributed by atoms with Crippen molar-refractivity contribution < 1.29 is 27.3 Å². The summed E-state index contributed by atoms with van der Waals surface area (Å²) in [5.74, 6) is -2.60. The average molecular weight is 466 g/mol. The van der Waals surface area contributed by atoms with Crippen molar-refractivity contribution in [2.24, 2.45) is 5.41 Å². The molecule has 0 heterocycles. The van der Waals surface area contributed by atoms with Gasteiger partial charge in [-0.15, -0.1) is 0 Å². The minimum absolute atomic E-state index is 0.180. The molecule has 0 bridgehead atoms. The predicted octanol–water partition coefficient (Wildman–Crippen LogP) is 4.06. The van der Waals surface area contributed by atoms with Gasteiger partial charge in [0.1, 0.15) is 11.8 Å². The molecule has 0 fully saturated rings. The Morgan fingerprint density at radius 2 is 1.88 bits per heavy atom. The highest BCUT2D eigenvalue weighted by molar-refractivity contribution is 7.85. The Morgan fingerprint density at radius 3 is 2.44 bits per heavy atom. The van der Waals surface area contributed by atoms with Gasteiger partial charge in [0.2, 0.25) is 5.91 Å². The molecule has 0 saturated carbocycles. The van der Waals surface area contributed by atoms with E-state index in [4.69, 9.17) is 4.55 Å². The zero-order chi connectivity index (χ0) is 24.5. The van der Waals surface area contributed by atoms with Gasteiger partial charge in [0.25, 0.3) is 10.1 Å². The first-order valence-corrected chi connectivity index (χ1v) is 12.1. The Morgan fingerprint density at radius 1 is 1.22 bits per heavy atom. The first-order chi connectivity index (χ1) is 14.7. The Kier molecular flexibility index (Phi) is 10.3. The number of ether oxygens (including phenoxy) is 1. The second-order valence-electron chi connectivity index (χ2n) is 8.76. The Balaban J connectivity index is 2.80. The van der Waals surface area contributed by atoms with E-state index >= 15 is 0 Å². The van der Waals surface area contributed by atoms with Crippen molar-refractivity contribution in [3.63, 3.8) is 0 Å². The van der Waals surface area contributed by atoms with E-state index in [2.05, 4.69) is 43.0 Å². The number of carbonyl (C=O) groups is 2. The first kappa shape index (κ1) is 27.6. The van der Waals surface area contributed by atoms with Crippen LogP contribution in [0, 0.1) is 5.41 Å². The van der Waals surface area contributed by atoms with Crippen LogP contribution in [0.25, 0.3) is 0 Å². The molecule has 2 N–H and O–H groups in total. The summed E-state index contributed by atoms with van der Waals surface area (Å²) in [6.07, 6.45) is 14.5. The minimum Gasteiger partial charge on any atom is -0.467 e. The lowest BCUT2D eigenvalue weighted by atomic mass is 9.72. The summed E-state index contributed by atoms with van der Waals surface area (Å²) in [6, 6.07) is -1.50. The summed E-state index contributed by atoms with van der Waals surface area (Å²) in [6.45, 7) is 10.4. The summed E-state index contributed by atoms with van der Waals surface area (Å²) in [7, 11) is -3.41. The van der Waals surface area contributed by atoms with Crippen LogP contribution in [-0.4, -0.2) is 43.8 Å². The van der Waals surface area contributed by atoms with Crippen LogP contribution in [-0.2, 0) is 24.4 Å². The standard InChI is InChI=1S/C24H35NO6S/c1-17(12-13-20-19(3)11-8-14-24(20,4)5)9-7-10-18(2)15-22(26)25-21(23(27)31-6)16-32(28,29)30/h7,9-10,12-13,15,21H,8,11,14,16H2,1-6H3,(H,25,26)(H,28,29,30)/b10-7+,13-12+,17-9+,18-15+/t21-/m0/s1. The van der Waals surface area contributed by atoms with E-state index in [0.717, 1.165) is 19.1 Å². The number of hydrogen-bond acceptors (Lipinski definition) is 5. The number of nitrogens with one attached hydrogen (secondary N) is 1. The van der Waals surface area contributed by atoms with Crippen LogP contribution in [0.3, 0.4) is 0 Å². The van der Waals surface area contributed by atoms with Crippen LogP contribution in [0.5, 0.6) is 0 Å². The lowest BCUT2D eigenvalue weighted by molar-refractivity contribution is -0.143. The lowest BCUT2D eigenvalue weighted by Gasteiger charge is -2.32. The van der Waals surface area contributed by atoms with Gasteiger partial charge < -0.3 is 10.1 Å². The van der Waals surface area contributed by atoms with Crippen molar-refractivity contribution >= 4 is 22.0 Å². The normalized spacial score (nSPS) is 18.8. The van der Waals surface area contributed by atoms with Gasteiger partial charge in [0, 0.05) is 6.08 Å². The number of amides is 1. The fourth-order valence-electron chi connectivity index (χ4n) is 3.62. The molecule has 0 spiro atoms.